The standard InChI is InChI=1S/C16H13ClN2O4S/c1-10-16(11(2)23-18-10)12-3-8-15(20)19(9-12)24(21,22)14-6-4-13(17)5-7-14/h3-9H,1-2H3. The average molecular weight is 365 g/mol. The molecule has 0 aliphatic rings. The molecule has 0 N–H and O–H groups in total. The first-order valence-corrected chi connectivity index (χ1v) is 8.79. The Hall–Kier alpha value is -2.38. The average Bonchev–Trinajstić information content (AvgIpc) is 2.87. The molecule has 6 nitrogen and oxygen atoms in total. The van der Waals surface area contributed by atoms with Crippen molar-refractivity contribution in [1.29, 1.82) is 0 Å². The SMILES string of the molecule is Cc1noc(C)c1-c1ccc(=O)n(S(=O)(=O)c2ccc(Cl)cc2)c1. The molecule has 0 bridgehead atoms. The summed E-state index contributed by atoms with van der Waals surface area (Å²) in [5.41, 5.74) is 1.15. The van der Waals surface area contributed by atoms with Gasteiger partial charge in [-0.25, -0.2) is 12.4 Å². The summed E-state index contributed by atoms with van der Waals surface area (Å²) >= 11 is 5.79. The van der Waals surface area contributed by atoms with Crippen LogP contribution in [0.15, 0.2) is 56.8 Å². The normalized spacial score (nSPS) is 11.6. The molecule has 3 rings (SSSR count). The van der Waals surface area contributed by atoms with E-state index < -0.39 is 15.6 Å². The second kappa shape index (κ2) is 5.92. The van der Waals surface area contributed by atoms with Gasteiger partial charge in [-0.2, -0.15) is 0 Å². The Morgan fingerprint density at radius 1 is 1.08 bits per heavy atom. The Morgan fingerprint density at radius 2 is 1.75 bits per heavy atom. The van der Waals surface area contributed by atoms with E-state index in [0.29, 0.717) is 31.6 Å². The quantitative estimate of drug-likeness (QED) is 0.713. The van der Waals surface area contributed by atoms with Gasteiger partial charge in [0.2, 0.25) is 0 Å². The maximum atomic E-state index is 12.7. The van der Waals surface area contributed by atoms with Crippen molar-refractivity contribution in [2.24, 2.45) is 0 Å². The molecule has 0 unspecified atom stereocenters. The lowest BCUT2D eigenvalue weighted by atomic mass is 10.1. The van der Waals surface area contributed by atoms with Crippen molar-refractivity contribution >= 4 is 21.6 Å². The molecule has 0 atom stereocenters. The van der Waals surface area contributed by atoms with Crippen LogP contribution in [0.3, 0.4) is 0 Å². The summed E-state index contributed by atoms with van der Waals surface area (Å²) in [7, 11) is -4.03. The van der Waals surface area contributed by atoms with Gasteiger partial charge in [0.05, 0.1) is 10.6 Å². The van der Waals surface area contributed by atoms with Gasteiger partial charge in [0.1, 0.15) is 5.76 Å². The number of hydrogen-bond donors (Lipinski definition) is 0. The Labute approximate surface area is 143 Å². The van der Waals surface area contributed by atoms with E-state index in [-0.39, 0.29) is 4.90 Å². The third-order valence-electron chi connectivity index (χ3n) is 3.57. The van der Waals surface area contributed by atoms with Crippen molar-refractivity contribution in [2.75, 3.05) is 0 Å². The Balaban J connectivity index is 2.20. The molecule has 0 fully saturated rings. The van der Waals surface area contributed by atoms with E-state index in [2.05, 4.69) is 5.16 Å². The third-order valence-corrected chi connectivity index (χ3v) is 5.49. The van der Waals surface area contributed by atoms with Crippen LogP contribution in [0, 0.1) is 13.8 Å². The number of halogens is 1. The molecule has 0 spiro atoms. The van der Waals surface area contributed by atoms with Crippen LogP contribution >= 0.6 is 11.6 Å². The summed E-state index contributed by atoms with van der Waals surface area (Å²) in [5.74, 6) is 0.543. The lowest BCUT2D eigenvalue weighted by molar-refractivity contribution is 0.393. The van der Waals surface area contributed by atoms with Gasteiger partial charge >= 0.3 is 0 Å². The van der Waals surface area contributed by atoms with Crippen molar-refractivity contribution in [3.63, 3.8) is 0 Å². The number of hydrogen-bond acceptors (Lipinski definition) is 5. The van der Waals surface area contributed by atoms with Crippen LogP contribution in [0.5, 0.6) is 0 Å². The summed E-state index contributed by atoms with van der Waals surface area (Å²) < 4.78 is 31.3. The molecule has 3 aromatic rings. The van der Waals surface area contributed by atoms with Crippen molar-refractivity contribution in [3.8, 4) is 11.1 Å². The zero-order chi connectivity index (χ0) is 17.5. The Morgan fingerprint density at radius 3 is 2.33 bits per heavy atom. The highest BCUT2D eigenvalue weighted by atomic mass is 35.5. The van der Waals surface area contributed by atoms with E-state index in [0.717, 1.165) is 0 Å². The molecule has 24 heavy (non-hydrogen) atoms. The first-order chi connectivity index (χ1) is 11.3. The van der Waals surface area contributed by atoms with Gasteiger partial charge in [0, 0.05) is 28.4 Å². The molecule has 8 heteroatoms. The second-order valence-corrected chi connectivity index (χ2v) is 7.46. The van der Waals surface area contributed by atoms with Gasteiger partial charge in [-0.3, -0.25) is 4.79 Å². The molecule has 0 aliphatic heterocycles. The molecular formula is C16H13ClN2O4S. The van der Waals surface area contributed by atoms with E-state index >= 15 is 0 Å². The van der Waals surface area contributed by atoms with Gasteiger partial charge < -0.3 is 4.52 Å². The molecular weight excluding hydrogens is 352 g/mol. The first kappa shape index (κ1) is 16.5. The summed E-state index contributed by atoms with van der Waals surface area (Å²) in [4.78, 5) is 12.1. The van der Waals surface area contributed by atoms with E-state index in [1.165, 1.54) is 36.5 Å². The monoisotopic (exact) mass is 364 g/mol. The lowest BCUT2D eigenvalue weighted by Crippen LogP contribution is -2.26. The minimum absolute atomic E-state index is 0.0232. The van der Waals surface area contributed by atoms with Crippen LogP contribution < -0.4 is 5.56 Å². The molecule has 0 aliphatic carbocycles. The molecule has 0 saturated carbocycles. The fourth-order valence-electron chi connectivity index (χ4n) is 2.42. The van der Waals surface area contributed by atoms with Crippen LogP contribution in [0.2, 0.25) is 5.02 Å². The van der Waals surface area contributed by atoms with Crippen LogP contribution in [0.25, 0.3) is 11.1 Å². The van der Waals surface area contributed by atoms with Gasteiger partial charge in [-0.15, -0.1) is 0 Å². The molecule has 2 aromatic heterocycles. The van der Waals surface area contributed by atoms with Gasteiger partial charge in [0.15, 0.2) is 0 Å². The van der Waals surface area contributed by atoms with Gasteiger partial charge in [0.25, 0.3) is 15.6 Å². The number of aromatic nitrogens is 2. The molecule has 1 aromatic carbocycles. The van der Waals surface area contributed by atoms with Crippen molar-refractivity contribution < 1.29 is 12.9 Å². The molecule has 0 radical (unpaired) electrons. The number of nitrogens with zero attached hydrogens (tertiary/aromatic N) is 2. The highest BCUT2D eigenvalue weighted by Gasteiger charge is 2.20. The minimum Gasteiger partial charge on any atom is -0.361 e. The zero-order valence-electron chi connectivity index (χ0n) is 12.9. The number of pyridine rings is 1. The topological polar surface area (TPSA) is 82.2 Å². The number of rotatable bonds is 3. The molecule has 0 saturated heterocycles. The molecule has 124 valence electrons. The third kappa shape index (κ3) is 2.76. The maximum Gasteiger partial charge on any atom is 0.270 e. The van der Waals surface area contributed by atoms with Gasteiger partial charge in [-0.1, -0.05) is 16.8 Å². The van der Waals surface area contributed by atoms with E-state index in [1.54, 1.807) is 19.9 Å². The molecule has 0 amide bonds. The van der Waals surface area contributed by atoms with Crippen LogP contribution in [0.1, 0.15) is 11.5 Å². The van der Waals surface area contributed by atoms with Crippen LogP contribution in [-0.4, -0.2) is 17.5 Å². The van der Waals surface area contributed by atoms with Gasteiger partial charge in [-0.05, 0) is 44.2 Å². The predicted molar refractivity (Wildman–Crippen MR) is 89.7 cm³/mol. The summed E-state index contributed by atoms with van der Waals surface area (Å²) in [6.07, 6.45) is 1.28. The zero-order valence-corrected chi connectivity index (χ0v) is 14.4. The summed E-state index contributed by atoms with van der Waals surface area (Å²) in [5, 5.41) is 4.26. The Kier molecular flexibility index (Phi) is 4.06. The minimum atomic E-state index is -4.03. The fourth-order valence-corrected chi connectivity index (χ4v) is 3.80. The van der Waals surface area contributed by atoms with Crippen LogP contribution in [0.4, 0.5) is 0 Å². The van der Waals surface area contributed by atoms with E-state index in [1.807, 2.05) is 0 Å². The molecule has 2 heterocycles. The predicted octanol–water partition coefficient (Wildman–Crippen LogP) is 3.01. The first-order valence-electron chi connectivity index (χ1n) is 6.98. The maximum absolute atomic E-state index is 12.7. The van der Waals surface area contributed by atoms with Crippen LogP contribution in [-0.2, 0) is 10.0 Å². The van der Waals surface area contributed by atoms with Crippen molar-refractivity contribution in [3.05, 3.63) is 69.4 Å². The fraction of sp³-hybridized carbons (Fsp3) is 0.125. The van der Waals surface area contributed by atoms with E-state index in [4.69, 9.17) is 16.1 Å². The largest absolute Gasteiger partial charge is 0.361 e. The van der Waals surface area contributed by atoms with Crippen molar-refractivity contribution in [1.82, 2.24) is 9.13 Å². The highest BCUT2D eigenvalue weighted by molar-refractivity contribution is 7.90. The number of benzene rings is 1. The highest BCUT2D eigenvalue weighted by Crippen LogP contribution is 2.26. The van der Waals surface area contributed by atoms with Crippen molar-refractivity contribution in [2.45, 2.75) is 18.7 Å². The number of aryl methyl sites for hydroxylation is 2. The summed E-state index contributed by atoms with van der Waals surface area (Å²) in [6.45, 7) is 3.47. The summed E-state index contributed by atoms with van der Waals surface area (Å²) in [6, 6.07) is 8.37. The second-order valence-electron chi connectivity index (χ2n) is 5.21. The van der Waals surface area contributed by atoms with E-state index in [9.17, 15) is 13.2 Å². The Bertz CT molecular complexity index is 1050. The smallest absolute Gasteiger partial charge is 0.270 e. The lowest BCUT2D eigenvalue weighted by Gasteiger charge is -2.09.